The minimum absolute atomic E-state index is 0.0101. The Morgan fingerprint density at radius 3 is 1.85 bits per heavy atom. The van der Waals surface area contributed by atoms with E-state index in [1.165, 1.54) is 6.07 Å². The van der Waals surface area contributed by atoms with E-state index in [4.69, 9.17) is 6.57 Å². The van der Waals surface area contributed by atoms with Crippen molar-refractivity contribution >= 4 is 5.57 Å². The summed E-state index contributed by atoms with van der Waals surface area (Å²) in [4.78, 5) is 11.2. The van der Waals surface area contributed by atoms with Gasteiger partial charge in [-0.25, -0.2) is 42.0 Å². The molecule has 0 fully saturated rings. The molecule has 0 amide bonds. The largest absolute Gasteiger partial charge is 0.271 e. The van der Waals surface area contributed by atoms with Gasteiger partial charge in [0.2, 0.25) is 5.82 Å². The smallest absolute Gasteiger partial charge is 0.233 e. The molecule has 0 N–H and O–H groups in total. The van der Waals surface area contributed by atoms with Crippen molar-refractivity contribution in [3.05, 3.63) is 87.0 Å². The first-order valence-electron chi connectivity index (χ1n) is 8.70. The molecule has 0 bridgehead atoms. The molecule has 0 saturated heterocycles. The van der Waals surface area contributed by atoms with Crippen molar-refractivity contribution in [2.24, 2.45) is 0 Å². The first-order valence-corrected chi connectivity index (χ1v) is 8.70. The maximum atomic E-state index is 14.4. The van der Waals surface area contributed by atoms with Crippen LogP contribution in [0.25, 0.3) is 32.8 Å². The lowest BCUT2D eigenvalue weighted by atomic mass is 9.96. The van der Waals surface area contributed by atoms with Crippen molar-refractivity contribution in [2.75, 3.05) is 0 Å². The van der Waals surface area contributed by atoms with Gasteiger partial charge in [-0.2, -0.15) is 10.5 Å². The maximum Gasteiger partial charge on any atom is 0.271 e. The fourth-order valence-corrected chi connectivity index (χ4v) is 3.43. The lowest BCUT2D eigenvalue weighted by molar-refractivity contribution is 0.381. The van der Waals surface area contributed by atoms with E-state index in [1.807, 2.05) is 0 Å². The predicted molar refractivity (Wildman–Crippen MR) is 100 cm³/mol. The first-order chi connectivity index (χ1) is 15.8. The zero-order chi connectivity index (χ0) is 24.0. The molecule has 1 heterocycles. The third-order valence-electron chi connectivity index (χ3n) is 4.84. The molecule has 0 atom stereocenters. The summed E-state index contributed by atoms with van der Waals surface area (Å²) in [5, 5.41) is 27.9. The highest BCUT2D eigenvalue weighted by atomic mass is 19.2. The van der Waals surface area contributed by atoms with Gasteiger partial charge in [-0.3, -0.25) is 0 Å². The second-order valence-electron chi connectivity index (χ2n) is 6.49. The van der Waals surface area contributed by atoms with Gasteiger partial charge in [0.1, 0.15) is 12.1 Å². The van der Waals surface area contributed by atoms with Crippen LogP contribution in [0.1, 0.15) is 22.6 Å². The van der Waals surface area contributed by atoms with Gasteiger partial charge in [0.15, 0.2) is 34.7 Å². The van der Waals surface area contributed by atoms with Crippen LogP contribution in [0, 0.1) is 69.7 Å². The third kappa shape index (κ3) is 2.89. The van der Waals surface area contributed by atoms with Crippen molar-refractivity contribution < 1.29 is 22.0 Å². The predicted octanol–water partition coefficient (Wildman–Crippen LogP) is 4.77. The summed E-state index contributed by atoms with van der Waals surface area (Å²) in [6, 6.07) is 8.30. The number of rotatable bonds is 1. The normalized spacial score (nSPS) is 12.6. The van der Waals surface area contributed by atoms with Gasteiger partial charge in [-0.05, 0) is 17.2 Å². The molecule has 1 aliphatic carbocycles. The monoisotopic (exact) mass is 446 g/mol. The quantitative estimate of drug-likeness (QED) is 0.138. The molecule has 11 heteroatoms. The lowest BCUT2D eigenvalue weighted by Crippen LogP contribution is -2.04. The number of hydrogen-bond acceptors (Lipinski definition) is 5. The van der Waals surface area contributed by atoms with Gasteiger partial charge in [0, 0.05) is 11.1 Å². The molecular formula is C22H3F5N6. The van der Waals surface area contributed by atoms with Crippen LogP contribution in [-0.4, -0.2) is 9.97 Å². The van der Waals surface area contributed by atoms with Crippen LogP contribution in [0.5, 0.6) is 0 Å². The average Bonchev–Trinajstić information content (AvgIpc) is 3.14. The minimum atomic E-state index is -2.32. The Balaban J connectivity index is 2.10. The van der Waals surface area contributed by atoms with Gasteiger partial charge in [0.05, 0.1) is 29.6 Å². The minimum Gasteiger partial charge on any atom is -0.233 e. The fourth-order valence-electron chi connectivity index (χ4n) is 3.43. The highest BCUT2D eigenvalue weighted by molar-refractivity contribution is 6.02. The zero-order valence-electron chi connectivity index (χ0n) is 15.8. The molecular weight excluding hydrogens is 443 g/mol. The van der Waals surface area contributed by atoms with Gasteiger partial charge in [-0.15, -0.1) is 0 Å². The van der Waals surface area contributed by atoms with Crippen LogP contribution in [0.3, 0.4) is 0 Å². The molecule has 3 aromatic rings. The van der Waals surface area contributed by atoms with Gasteiger partial charge in [-0.1, -0.05) is 12.1 Å². The SMILES string of the molecule is [C-]#[N+]/C(C#N)=C1\c2cc(-c3c(F)c(F)c(F)c(F)c3F)ccc2-c2nc(C#N)c(C#N)nc21. The molecule has 0 unspecified atom stereocenters. The van der Waals surface area contributed by atoms with Crippen molar-refractivity contribution in [3.8, 4) is 40.6 Å². The van der Waals surface area contributed by atoms with Crippen LogP contribution >= 0.6 is 0 Å². The number of hydrogen-bond donors (Lipinski definition) is 0. The summed E-state index contributed by atoms with van der Waals surface area (Å²) in [7, 11) is 0. The molecule has 0 radical (unpaired) electrons. The molecule has 2 aromatic carbocycles. The summed E-state index contributed by atoms with van der Waals surface area (Å²) in [6.07, 6.45) is 0. The Bertz CT molecular complexity index is 1570. The van der Waals surface area contributed by atoms with Crippen molar-refractivity contribution in [1.82, 2.24) is 9.97 Å². The number of benzene rings is 2. The maximum absolute atomic E-state index is 14.4. The third-order valence-corrected chi connectivity index (χ3v) is 4.84. The van der Waals surface area contributed by atoms with Crippen LogP contribution < -0.4 is 0 Å². The molecule has 0 spiro atoms. The highest BCUT2D eigenvalue weighted by Crippen LogP contribution is 2.46. The summed E-state index contributed by atoms with van der Waals surface area (Å²) in [5.41, 5.74) is -2.98. The number of allylic oxidation sites excluding steroid dienone is 1. The van der Waals surface area contributed by atoms with E-state index < -0.39 is 45.9 Å². The molecule has 6 nitrogen and oxygen atoms in total. The zero-order valence-corrected chi connectivity index (χ0v) is 15.8. The summed E-state index contributed by atoms with van der Waals surface area (Å²) < 4.78 is 69.6. The fraction of sp³-hybridized carbons (Fsp3) is 0. The Morgan fingerprint density at radius 1 is 0.788 bits per heavy atom. The number of nitrogens with zero attached hydrogens (tertiary/aromatic N) is 6. The number of nitriles is 3. The Kier molecular flexibility index (Phi) is 4.82. The van der Waals surface area contributed by atoms with E-state index in [0.29, 0.717) is 0 Å². The van der Waals surface area contributed by atoms with E-state index in [9.17, 15) is 37.7 Å². The molecule has 0 saturated carbocycles. The Morgan fingerprint density at radius 2 is 1.33 bits per heavy atom. The van der Waals surface area contributed by atoms with Gasteiger partial charge < -0.3 is 0 Å². The van der Waals surface area contributed by atoms with Crippen LogP contribution in [0.2, 0.25) is 0 Å². The second kappa shape index (κ2) is 7.53. The van der Waals surface area contributed by atoms with E-state index in [2.05, 4.69) is 14.8 Å². The van der Waals surface area contributed by atoms with Crippen LogP contribution in [0.15, 0.2) is 23.9 Å². The number of fused-ring (bicyclic) bond motifs is 3. The van der Waals surface area contributed by atoms with Crippen molar-refractivity contribution in [2.45, 2.75) is 0 Å². The summed E-state index contributed by atoms with van der Waals surface area (Å²) >= 11 is 0. The van der Waals surface area contributed by atoms with Crippen LogP contribution in [0.4, 0.5) is 22.0 Å². The molecule has 1 aromatic heterocycles. The average molecular weight is 446 g/mol. The van der Waals surface area contributed by atoms with E-state index in [0.717, 1.165) is 12.1 Å². The standard InChI is InChI=1S/C22H3F5N6/c1-31-13(7-30)15-10-4-8(14-16(23)18(25)20(27)19(26)17(14)24)2-3-9(10)21-22(15)33-12(6-29)11(5-28)32-21/h2-4H/b15-13+. The molecule has 4 rings (SSSR count). The van der Waals surface area contributed by atoms with Crippen molar-refractivity contribution in [1.29, 1.82) is 15.8 Å². The van der Waals surface area contributed by atoms with E-state index >= 15 is 0 Å². The Hall–Kier alpha value is -5.13. The van der Waals surface area contributed by atoms with E-state index in [-0.39, 0.29) is 39.5 Å². The van der Waals surface area contributed by atoms with Gasteiger partial charge in [0.25, 0.3) is 5.70 Å². The molecule has 156 valence electrons. The summed E-state index contributed by atoms with van der Waals surface area (Å²) in [5.74, 6) is -10.7. The van der Waals surface area contributed by atoms with Crippen LogP contribution in [-0.2, 0) is 0 Å². The lowest BCUT2D eigenvalue weighted by Gasteiger charge is -2.10. The topological polar surface area (TPSA) is 102 Å². The van der Waals surface area contributed by atoms with Crippen molar-refractivity contribution in [3.63, 3.8) is 0 Å². The second-order valence-corrected chi connectivity index (χ2v) is 6.49. The molecule has 1 aliphatic rings. The van der Waals surface area contributed by atoms with E-state index in [1.54, 1.807) is 18.2 Å². The first kappa shape index (κ1) is 21.1. The Labute approximate surface area is 181 Å². The number of halogens is 5. The number of aromatic nitrogens is 2. The molecule has 0 aliphatic heterocycles. The molecule has 33 heavy (non-hydrogen) atoms. The van der Waals surface area contributed by atoms with Gasteiger partial charge >= 0.3 is 0 Å². The summed E-state index contributed by atoms with van der Waals surface area (Å²) in [6.45, 7) is 7.27. The highest BCUT2D eigenvalue weighted by Gasteiger charge is 2.33.